The summed E-state index contributed by atoms with van der Waals surface area (Å²) < 4.78 is 22.2. The molecule has 8 nitrogen and oxygen atoms in total. The van der Waals surface area contributed by atoms with Crippen molar-refractivity contribution in [1.29, 1.82) is 0 Å². The summed E-state index contributed by atoms with van der Waals surface area (Å²) in [5.74, 6) is -0.308. The number of nitrogens with two attached hydrogens (primary N) is 2. The maximum absolute atomic E-state index is 14.8. The van der Waals surface area contributed by atoms with Gasteiger partial charge in [-0.15, -0.1) is 0 Å². The average Bonchev–Trinajstić information content (AvgIpc) is 3.36. The minimum absolute atomic E-state index is 0.136. The number of halogens is 2. The van der Waals surface area contributed by atoms with E-state index in [1.165, 1.54) is 12.1 Å². The SMILES string of the molecule is COC[C@]1(CCc2cc(F)c3cc(Cl)c(N)nc3c2)C[C@@H](n2ccc3c(N)ccnc32)[C@H](O)[C@@H]1O. The predicted molar refractivity (Wildman–Crippen MR) is 134 cm³/mol. The topological polar surface area (TPSA) is 132 Å². The van der Waals surface area contributed by atoms with E-state index >= 15 is 0 Å². The molecule has 10 heteroatoms. The molecule has 1 saturated carbocycles. The lowest BCUT2D eigenvalue weighted by atomic mass is 9.79. The van der Waals surface area contributed by atoms with E-state index in [-0.39, 0.29) is 17.4 Å². The van der Waals surface area contributed by atoms with E-state index in [2.05, 4.69) is 9.97 Å². The first-order valence-corrected chi connectivity index (χ1v) is 11.7. The van der Waals surface area contributed by atoms with Crippen molar-refractivity contribution in [3.05, 3.63) is 59.1 Å². The molecule has 0 aliphatic heterocycles. The van der Waals surface area contributed by atoms with Gasteiger partial charge in [-0.2, -0.15) is 0 Å². The maximum Gasteiger partial charge on any atom is 0.142 e. The van der Waals surface area contributed by atoms with E-state index in [1.54, 1.807) is 25.4 Å². The Morgan fingerprint density at radius 3 is 2.80 bits per heavy atom. The van der Waals surface area contributed by atoms with Crippen LogP contribution < -0.4 is 11.5 Å². The number of hydrogen-bond acceptors (Lipinski definition) is 7. The molecular weight excluding hydrogens is 473 g/mol. The highest BCUT2D eigenvalue weighted by atomic mass is 35.5. The molecule has 5 rings (SSSR count). The van der Waals surface area contributed by atoms with Crippen molar-refractivity contribution in [2.75, 3.05) is 25.2 Å². The van der Waals surface area contributed by atoms with Gasteiger partial charge in [-0.25, -0.2) is 14.4 Å². The zero-order valence-corrected chi connectivity index (χ0v) is 19.9. The molecule has 3 aromatic heterocycles. The lowest BCUT2D eigenvalue weighted by Gasteiger charge is -2.32. The Bertz CT molecular complexity index is 1410. The minimum Gasteiger partial charge on any atom is -0.398 e. The summed E-state index contributed by atoms with van der Waals surface area (Å²) in [6.07, 6.45) is 2.70. The van der Waals surface area contributed by atoms with Crippen molar-refractivity contribution in [1.82, 2.24) is 14.5 Å². The third-order valence-electron chi connectivity index (χ3n) is 7.23. The Hall–Kier alpha value is -2.98. The Labute approximate surface area is 206 Å². The van der Waals surface area contributed by atoms with Crippen LogP contribution in [0.3, 0.4) is 0 Å². The van der Waals surface area contributed by atoms with Crippen LogP contribution in [-0.4, -0.2) is 50.7 Å². The van der Waals surface area contributed by atoms with Gasteiger partial charge in [0.1, 0.15) is 23.4 Å². The van der Waals surface area contributed by atoms with Crippen molar-refractivity contribution >= 4 is 45.0 Å². The van der Waals surface area contributed by atoms with Gasteiger partial charge < -0.3 is 31.0 Å². The van der Waals surface area contributed by atoms with Crippen molar-refractivity contribution in [3.8, 4) is 0 Å². The molecule has 3 heterocycles. The van der Waals surface area contributed by atoms with Gasteiger partial charge in [-0.1, -0.05) is 11.6 Å². The molecule has 0 saturated heterocycles. The van der Waals surface area contributed by atoms with Gasteiger partial charge in [0, 0.05) is 41.4 Å². The van der Waals surface area contributed by atoms with Crippen LogP contribution in [0.15, 0.2) is 42.7 Å². The molecule has 1 aromatic carbocycles. The fourth-order valence-electron chi connectivity index (χ4n) is 5.41. The summed E-state index contributed by atoms with van der Waals surface area (Å²) in [6, 6.07) is 7.83. The van der Waals surface area contributed by atoms with Gasteiger partial charge in [0.2, 0.25) is 0 Å². The van der Waals surface area contributed by atoms with Crippen LogP contribution in [0, 0.1) is 11.2 Å². The van der Waals surface area contributed by atoms with Gasteiger partial charge in [-0.3, -0.25) is 0 Å². The quantitative estimate of drug-likeness (QED) is 0.319. The van der Waals surface area contributed by atoms with Gasteiger partial charge in [0.25, 0.3) is 0 Å². The summed E-state index contributed by atoms with van der Waals surface area (Å²) in [5.41, 5.74) is 13.5. The number of aliphatic hydroxyl groups is 2. The molecule has 1 aliphatic rings. The maximum atomic E-state index is 14.8. The van der Waals surface area contributed by atoms with Crippen LogP contribution >= 0.6 is 11.6 Å². The number of aromatic nitrogens is 3. The average molecular weight is 500 g/mol. The molecule has 184 valence electrons. The number of nitrogens with zero attached hydrogens (tertiary/aromatic N) is 3. The largest absolute Gasteiger partial charge is 0.398 e. The van der Waals surface area contributed by atoms with E-state index in [4.69, 9.17) is 27.8 Å². The lowest BCUT2D eigenvalue weighted by Crippen LogP contribution is -2.40. The minimum atomic E-state index is -1.05. The van der Waals surface area contributed by atoms with Crippen LogP contribution in [-0.2, 0) is 11.2 Å². The van der Waals surface area contributed by atoms with Gasteiger partial charge >= 0.3 is 0 Å². The first-order valence-electron chi connectivity index (χ1n) is 11.3. The molecule has 35 heavy (non-hydrogen) atoms. The number of methoxy groups -OCH3 is 1. The number of ether oxygens (including phenoxy) is 1. The molecule has 6 N–H and O–H groups in total. The van der Waals surface area contributed by atoms with Crippen molar-refractivity contribution in [2.45, 2.75) is 37.5 Å². The first-order chi connectivity index (χ1) is 16.7. The van der Waals surface area contributed by atoms with Gasteiger partial charge in [0.05, 0.1) is 29.3 Å². The van der Waals surface area contributed by atoms with Gasteiger partial charge in [-0.05, 0) is 55.2 Å². The van der Waals surface area contributed by atoms with Crippen LogP contribution in [0.4, 0.5) is 15.9 Å². The number of aryl methyl sites for hydroxylation is 1. The highest BCUT2D eigenvalue weighted by molar-refractivity contribution is 6.33. The highest BCUT2D eigenvalue weighted by Gasteiger charge is 2.53. The fraction of sp³-hybridized carbons (Fsp3) is 0.360. The van der Waals surface area contributed by atoms with Crippen LogP contribution in [0.5, 0.6) is 0 Å². The highest BCUT2D eigenvalue weighted by Crippen LogP contribution is 2.49. The summed E-state index contributed by atoms with van der Waals surface area (Å²) in [5, 5.41) is 23.6. The number of rotatable bonds is 6. The number of hydrogen-bond donors (Lipinski definition) is 4. The van der Waals surface area contributed by atoms with E-state index in [9.17, 15) is 14.6 Å². The number of pyridine rings is 2. The normalized spacial score (nSPS) is 24.5. The van der Waals surface area contributed by atoms with Crippen LogP contribution in [0.1, 0.15) is 24.4 Å². The van der Waals surface area contributed by atoms with Crippen LogP contribution in [0.2, 0.25) is 5.02 Å². The second-order valence-corrected chi connectivity index (χ2v) is 9.77. The second-order valence-electron chi connectivity index (χ2n) is 9.36. The number of benzene rings is 1. The molecule has 1 fully saturated rings. The Morgan fingerprint density at radius 2 is 2.03 bits per heavy atom. The first kappa shape index (κ1) is 23.7. The molecule has 1 aliphatic carbocycles. The molecule has 0 bridgehead atoms. The smallest absolute Gasteiger partial charge is 0.142 e. The predicted octanol–water partition coefficient (Wildman–Crippen LogP) is 3.47. The van der Waals surface area contributed by atoms with E-state index in [0.717, 1.165) is 5.39 Å². The Kier molecular flexibility index (Phi) is 6.04. The summed E-state index contributed by atoms with van der Waals surface area (Å²) in [6.45, 7) is 0.230. The number of nitrogen functional groups attached to an aromatic ring is 2. The zero-order chi connectivity index (χ0) is 24.9. The summed E-state index contributed by atoms with van der Waals surface area (Å²) in [4.78, 5) is 8.65. The van der Waals surface area contributed by atoms with E-state index < -0.39 is 29.5 Å². The molecule has 0 amide bonds. The molecule has 4 aromatic rings. The monoisotopic (exact) mass is 499 g/mol. The molecule has 0 spiro atoms. The standard InChI is InChI=1S/C25H27ClFN5O3/c1-35-12-25(5-2-13-8-17(27)15-10-16(26)23(29)31-19(15)9-13)11-20(21(33)22(25)34)32-7-4-14-18(28)3-6-30-24(14)32/h3-4,6-10,20-22,33-34H,2,5,11-12H2,1H3,(H2,28,30)(H2,29,31)/t20-,21+,22+,25+/m1/s1. The lowest BCUT2D eigenvalue weighted by molar-refractivity contribution is -0.0598. The fourth-order valence-corrected chi connectivity index (χ4v) is 5.56. The number of anilines is 2. The molecule has 0 unspecified atom stereocenters. The van der Waals surface area contributed by atoms with Gasteiger partial charge in [0.15, 0.2) is 0 Å². The Balaban J connectivity index is 1.45. The molecular formula is C25H27ClFN5O3. The summed E-state index contributed by atoms with van der Waals surface area (Å²) in [7, 11) is 1.56. The number of fused-ring (bicyclic) bond motifs is 2. The number of aliphatic hydroxyl groups excluding tert-OH is 2. The Morgan fingerprint density at radius 1 is 1.23 bits per heavy atom. The molecule has 0 radical (unpaired) electrons. The van der Waals surface area contributed by atoms with E-state index in [1.807, 2.05) is 16.8 Å². The summed E-state index contributed by atoms with van der Waals surface area (Å²) >= 11 is 6.00. The van der Waals surface area contributed by atoms with Crippen molar-refractivity contribution < 1.29 is 19.3 Å². The van der Waals surface area contributed by atoms with Crippen molar-refractivity contribution in [3.63, 3.8) is 0 Å². The molecule has 4 atom stereocenters. The third-order valence-corrected chi connectivity index (χ3v) is 7.54. The second kappa shape index (κ2) is 8.91. The van der Waals surface area contributed by atoms with E-state index in [0.29, 0.717) is 47.1 Å². The van der Waals surface area contributed by atoms with Crippen LogP contribution in [0.25, 0.3) is 21.9 Å². The van der Waals surface area contributed by atoms with Crippen molar-refractivity contribution in [2.24, 2.45) is 5.41 Å². The third kappa shape index (κ3) is 3.98. The zero-order valence-electron chi connectivity index (χ0n) is 19.2.